The average Bonchev–Trinajstić information content (AvgIpc) is 2.46. The lowest BCUT2D eigenvalue weighted by molar-refractivity contribution is 0.294. The number of methoxy groups -OCH3 is 1. The lowest BCUT2D eigenvalue weighted by atomic mass is 10.1. The van der Waals surface area contributed by atoms with Gasteiger partial charge in [-0.25, -0.2) is 4.39 Å². The summed E-state index contributed by atoms with van der Waals surface area (Å²) in [6, 6.07) is 11.6. The maximum Gasteiger partial charge on any atom is 0.125 e. The van der Waals surface area contributed by atoms with Crippen LogP contribution in [0.15, 0.2) is 36.4 Å². The van der Waals surface area contributed by atoms with Gasteiger partial charge >= 0.3 is 0 Å². The maximum absolute atomic E-state index is 13.0. The number of ether oxygens (including phenoxy) is 2. The summed E-state index contributed by atoms with van der Waals surface area (Å²) in [6.45, 7) is 2.03. The Bertz CT molecular complexity index is 662. The van der Waals surface area contributed by atoms with E-state index in [9.17, 15) is 4.39 Å². The molecule has 0 saturated heterocycles. The largest absolute Gasteiger partial charge is 0.496 e. The van der Waals surface area contributed by atoms with E-state index in [2.05, 4.69) is 6.07 Å². The van der Waals surface area contributed by atoms with E-state index in [1.165, 1.54) is 12.1 Å². The van der Waals surface area contributed by atoms with Crippen molar-refractivity contribution in [2.75, 3.05) is 7.11 Å². The van der Waals surface area contributed by atoms with Crippen molar-refractivity contribution in [3.8, 4) is 17.6 Å². The number of rotatable bonds is 4. The molecule has 0 spiro atoms. The third-order valence-corrected chi connectivity index (χ3v) is 2.93. The Morgan fingerprint density at radius 2 is 1.90 bits per heavy atom. The van der Waals surface area contributed by atoms with Crippen LogP contribution in [0, 0.1) is 24.1 Å². The summed E-state index contributed by atoms with van der Waals surface area (Å²) in [6.07, 6.45) is 0. The molecule has 4 heteroatoms. The Balaban J connectivity index is 2.20. The number of aryl methyl sites for hydroxylation is 1. The van der Waals surface area contributed by atoms with Gasteiger partial charge in [-0.3, -0.25) is 0 Å². The van der Waals surface area contributed by atoms with Crippen LogP contribution in [0.5, 0.6) is 11.5 Å². The van der Waals surface area contributed by atoms with Crippen LogP contribution in [0.2, 0.25) is 0 Å². The summed E-state index contributed by atoms with van der Waals surface area (Å²) < 4.78 is 23.9. The van der Waals surface area contributed by atoms with Crippen LogP contribution < -0.4 is 9.47 Å². The van der Waals surface area contributed by atoms with Crippen LogP contribution in [0.4, 0.5) is 4.39 Å². The van der Waals surface area contributed by atoms with Crippen LogP contribution in [-0.2, 0) is 6.61 Å². The molecule has 0 atom stereocenters. The van der Waals surface area contributed by atoms with E-state index < -0.39 is 0 Å². The maximum atomic E-state index is 13.0. The third-order valence-electron chi connectivity index (χ3n) is 2.93. The van der Waals surface area contributed by atoms with Crippen LogP contribution in [0.3, 0.4) is 0 Å². The van der Waals surface area contributed by atoms with Crippen molar-refractivity contribution in [3.63, 3.8) is 0 Å². The molecule has 0 aromatic heterocycles. The zero-order valence-electron chi connectivity index (χ0n) is 11.3. The smallest absolute Gasteiger partial charge is 0.125 e. The normalized spacial score (nSPS) is 9.90. The predicted molar refractivity (Wildman–Crippen MR) is 73.2 cm³/mol. The fourth-order valence-corrected chi connectivity index (χ4v) is 1.89. The summed E-state index contributed by atoms with van der Waals surface area (Å²) in [5.74, 6) is 0.971. The van der Waals surface area contributed by atoms with Crippen LogP contribution >= 0.6 is 0 Å². The molecule has 0 aliphatic carbocycles. The van der Waals surface area contributed by atoms with E-state index in [1.807, 2.05) is 0 Å². The van der Waals surface area contributed by atoms with E-state index in [0.29, 0.717) is 17.1 Å². The molecule has 2 aromatic carbocycles. The van der Waals surface area contributed by atoms with Gasteiger partial charge in [0.25, 0.3) is 0 Å². The predicted octanol–water partition coefficient (Wildman–Crippen LogP) is 3.59. The summed E-state index contributed by atoms with van der Waals surface area (Å²) in [5, 5.41) is 8.91. The van der Waals surface area contributed by atoms with Gasteiger partial charge in [-0.1, -0.05) is 0 Å². The second kappa shape index (κ2) is 6.07. The Labute approximate surface area is 117 Å². The van der Waals surface area contributed by atoms with Crippen molar-refractivity contribution in [3.05, 3.63) is 58.9 Å². The number of hydrogen-bond donors (Lipinski definition) is 0. The number of hydrogen-bond acceptors (Lipinski definition) is 3. The SMILES string of the molecule is COc1ccc(C#N)cc1COc1ccc(F)cc1C. The van der Waals surface area contributed by atoms with E-state index in [4.69, 9.17) is 14.7 Å². The van der Waals surface area contributed by atoms with Gasteiger partial charge in [0, 0.05) is 5.56 Å². The summed E-state index contributed by atoms with van der Waals surface area (Å²) in [5.41, 5.74) is 2.04. The molecule has 20 heavy (non-hydrogen) atoms. The second-order valence-electron chi connectivity index (χ2n) is 4.34. The van der Waals surface area contributed by atoms with Gasteiger partial charge in [0.15, 0.2) is 0 Å². The van der Waals surface area contributed by atoms with Gasteiger partial charge in [-0.2, -0.15) is 5.26 Å². The van der Waals surface area contributed by atoms with Gasteiger partial charge in [-0.05, 0) is 48.9 Å². The van der Waals surface area contributed by atoms with Gasteiger partial charge in [0.05, 0.1) is 18.7 Å². The Kier molecular flexibility index (Phi) is 4.21. The fourth-order valence-electron chi connectivity index (χ4n) is 1.89. The molecular weight excluding hydrogens is 257 g/mol. The molecular formula is C16H14FNO2. The van der Waals surface area contributed by atoms with Crippen molar-refractivity contribution in [1.82, 2.24) is 0 Å². The molecule has 0 radical (unpaired) electrons. The highest BCUT2D eigenvalue weighted by molar-refractivity contribution is 5.42. The number of nitrogens with zero attached hydrogens (tertiary/aromatic N) is 1. The fraction of sp³-hybridized carbons (Fsp3) is 0.188. The van der Waals surface area contributed by atoms with E-state index >= 15 is 0 Å². The van der Waals surface area contributed by atoms with E-state index in [0.717, 1.165) is 11.1 Å². The van der Waals surface area contributed by atoms with Crippen LogP contribution in [0.1, 0.15) is 16.7 Å². The minimum Gasteiger partial charge on any atom is -0.496 e. The topological polar surface area (TPSA) is 42.2 Å². The minimum absolute atomic E-state index is 0.255. The molecule has 0 heterocycles. The first-order valence-corrected chi connectivity index (χ1v) is 6.10. The van der Waals surface area contributed by atoms with Crippen molar-refractivity contribution >= 4 is 0 Å². The highest BCUT2D eigenvalue weighted by Crippen LogP contribution is 2.24. The average molecular weight is 271 g/mol. The molecule has 0 unspecified atom stereocenters. The van der Waals surface area contributed by atoms with Crippen molar-refractivity contribution in [2.24, 2.45) is 0 Å². The summed E-state index contributed by atoms with van der Waals surface area (Å²) in [7, 11) is 1.56. The highest BCUT2D eigenvalue weighted by Gasteiger charge is 2.07. The molecule has 0 N–H and O–H groups in total. The molecule has 102 valence electrons. The molecule has 0 aliphatic rings. The number of nitriles is 1. The molecule has 3 nitrogen and oxygen atoms in total. The molecule has 0 amide bonds. The van der Waals surface area contributed by atoms with E-state index in [-0.39, 0.29) is 12.4 Å². The Morgan fingerprint density at radius 1 is 1.15 bits per heavy atom. The molecule has 0 saturated carbocycles. The first kappa shape index (κ1) is 13.9. The van der Waals surface area contributed by atoms with Gasteiger partial charge < -0.3 is 9.47 Å². The summed E-state index contributed by atoms with van der Waals surface area (Å²) >= 11 is 0. The van der Waals surface area contributed by atoms with Crippen LogP contribution in [-0.4, -0.2) is 7.11 Å². The first-order valence-electron chi connectivity index (χ1n) is 6.10. The van der Waals surface area contributed by atoms with Crippen molar-refractivity contribution in [1.29, 1.82) is 5.26 Å². The lowest BCUT2D eigenvalue weighted by Crippen LogP contribution is -2.00. The molecule has 0 fully saturated rings. The van der Waals surface area contributed by atoms with Gasteiger partial charge in [-0.15, -0.1) is 0 Å². The number of halogens is 1. The summed E-state index contributed by atoms with van der Waals surface area (Å²) in [4.78, 5) is 0. The van der Waals surface area contributed by atoms with Crippen molar-refractivity contribution < 1.29 is 13.9 Å². The van der Waals surface area contributed by atoms with Crippen molar-refractivity contribution in [2.45, 2.75) is 13.5 Å². The molecule has 2 rings (SSSR count). The Hall–Kier alpha value is -2.54. The zero-order chi connectivity index (χ0) is 14.5. The molecule has 2 aromatic rings. The lowest BCUT2D eigenvalue weighted by Gasteiger charge is -2.12. The zero-order valence-corrected chi connectivity index (χ0v) is 11.3. The van der Waals surface area contributed by atoms with Gasteiger partial charge in [0.1, 0.15) is 23.9 Å². The first-order chi connectivity index (χ1) is 9.63. The Morgan fingerprint density at radius 3 is 2.55 bits per heavy atom. The molecule has 0 bridgehead atoms. The monoisotopic (exact) mass is 271 g/mol. The second-order valence-corrected chi connectivity index (χ2v) is 4.34. The quantitative estimate of drug-likeness (QED) is 0.853. The van der Waals surface area contributed by atoms with Crippen LogP contribution in [0.25, 0.3) is 0 Å². The van der Waals surface area contributed by atoms with E-state index in [1.54, 1.807) is 38.3 Å². The highest BCUT2D eigenvalue weighted by atomic mass is 19.1. The number of benzene rings is 2. The van der Waals surface area contributed by atoms with Gasteiger partial charge in [0.2, 0.25) is 0 Å². The third kappa shape index (κ3) is 3.07. The minimum atomic E-state index is -0.293. The molecule has 0 aliphatic heterocycles. The standard InChI is InChI=1S/C16H14FNO2/c1-11-7-14(17)4-6-15(11)20-10-13-8-12(9-18)3-5-16(13)19-2/h3-8H,10H2,1-2H3.